The molecule has 25 heavy (non-hydrogen) atoms. The number of halogens is 2. The highest BCUT2D eigenvalue weighted by Crippen LogP contribution is 2.14. The Morgan fingerprint density at radius 3 is 2.64 bits per heavy atom. The molecule has 1 amide bonds. The molecule has 0 fully saturated rings. The van der Waals surface area contributed by atoms with E-state index < -0.39 is 11.3 Å². The molecule has 1 rings (SSSR count). The van der Waals surface area contributed by atoms with Gasteiger partial charge in [-0.15, -0.1) is 24.0 Å². The third kappa shape index (κ3) is 8.89. The lowest BCUT2D eigenvalue weighted by Gasteiger charge is -2.20. The van der Waals surface area contributed by atoms with Crippen LogP contribution in [-0.2, 0) is 4.79 Å². The third-order valence-corrected chi connectivity index (χ3v) is 3.33. The Morgan fingerprint density at radius 1 is 1.40 bits per heavy atom. The highest BCUT2D eigenvalue weighted by Gasteiger charge is 2.24. The average molecular weight is 466 g/mol. The Hall–Kier alpha value is -1.58. The van der Waals surface area contributed by atoms with E-state index in [9.17, 15) is 9.18 Å². The summed E-state index contributed by atoms with van der Waals surface area (Å²) in [7, 11) is 0. The van der Waals surface area contributed by atoms with Crippen molar-refractivity contribution in [1.29, 1.82) is 0 Å². The molecular formula is C17H28FIN4O2. The summed E-state index contributed by atoms with van der Waals surface area (Å²) < 4.78 is 18.8. The van der Waals surface area contributed by atoms with Crippen molar-refractivity contribution in [1.82, 2.24) is 10.6 Å². The maximum atomic E-state index is 13.1. The summed E-state index contributed by atoms with van der Waals surface area (Å²) in [5.41, 5.74) is 4.63. The van der Waals surface area contributed by atoms with Gasteiger partial charge in [0.15, 0.2) is 5.96 Å². The first kappa shape index (κ1) is 23.4. The molecule has 4 N–H and O–H groups in total. The van der Waals surface area contributed by atoms with E-state index in [-0.39, 0.29) is 42.4 Å². The van der Waals surface area contributed by atoms with Crippen molar-refractivity contribution in [3.05, 3.63) is 30.1 Å². The fourth-order valence-corrected chi connectivity index (χ4v) is 1.75. The zero-order chi connectivity index (χ0) is 18.2. The zero-order valence-electron chi connectivity index (χ0n) is 15.1. The molecule has 0 bridgehead atoms. The molecule has 1 aromatic carbocycles. The van der Waals surface area contributed by atoms with E-state index in [0.717, 1.165) is 0 Å². The number of nitrogens with one attached hydrogen (secondary N) is 2. The average Bonchev–Trinajstić information content (AvgIpc) is 2.50. The maximum absolute atomic E-state index is 13.1. The van der Waals surface area contributed by atoms with Gasteiger partial charge < -0.3 is 21.1 Å². The second-order valence-corrected chi connectivity index (χ2v) is 6.21. The molecule has 0 aromatic heterocycles. The Morgan fingerprint density at radius 2 is 2.08 bits per heavy atom. The van der Waals surface area contributed by atoms with Crippen molar-refractivity contribution in [2.24, 2.45) is 16.1 Å². The van der Waals surface area contributed by atoms with Crippen molar-refractivity contribution in [2.45, 2.75) is 33.8 Å². The van der Waals surface area contributed by atoms with Crippen LogP contribution in [-0.4, -0.2) is 37.6 Å². The molecule has 0 aliphatic heterocycles. The number of benzene rings is 1. The first-order valence-electron chi connectivity index (χ1n) is 7.99. The quantitative estimate of drug-likeness (QED) is 0.312. The van der Waals surface area contributed by atoms with Crippen molar-refractivity contribution >= 4 is 35.8 Å². The summed E-state index contributed by atoms with van der Waals surface area (Å²) in [4.78, 5) is 15.7. The van der Waals surface area contributed by atoms with Gasteiger partial charge in [-0.1, -0.05) is 6.07 Å². The number of hydrogen-bond donors (Lipinski definition) is 3. The van der Waals surface area contributed by atoms with E-state index >= 15 is 0 Å². The zero-order valence-corrected chi connectivity index (χ0v) is 17.5. The van der Waals surface area contributed by atoms with Crippen molar-refractivity contribution in [3.8, 4) is 5.75 Å². The Balaban J connectivity index is 0.00000576. The number of amides is 1. The molecule has 142 valence electrons. The number of rotatable bonds is 8. The van der Waals surface area contributed by atoms with Crippen molar-refractivity contribution < 1.29 is 13.9 Å². The highest BCUT2D eigenvalue weighted by atomic mass is 127. The van der Waals surface area contributed by atoms with Gasteiger partial charge in [-0.25, -0.2) is 4.39 Å². The molecule has 8 heteroatoms. The van der Waals surface area contributed by atoms with Crippen molar-refractivity contribution in [3.63, 3.8) is 0 Å². The van der Waals surface area contributed by atoms with Gasteiger partial charge in [0.2, 0.25) is 5.91 Å². The smallest absolute Gasteiger partial charge is 0.224 e. The molecule has 1 unspecified atom stereocenters. The summed E-state index contributed by atoms with van der Waals surface area (Å²) in [5, 5.41) is 6.23. The highest BCUT2D eigenvalue weighted by molar-refractivity contribution is 14.0. The lowest BCUT2D eigenvalue weighted by atomic mass is 9.93. The Labute approximate surface area is 165 Å². The van der Waals surface area contributed by atoms with Crippen molar-refractivity contribution in [2.75, 3.05) is 19.6 Å². The van der Waals surface area contributed by atoms with Crippen LogP contribution in [0.3, 0.4) is 0 Å². The van der Waals surface area contributed by atoms with Crippen LogP contribution in [0, 0.1) is 11.2 Å². The molecule has 0 spiro atoms. The number of carbonyl (C=O) groups excluding carboxylic acids is 1. The van der Waals surface area contributed by atoms with Gasteiger partial charge in [-0.05, 0) is 39.8 Å². The van der Waals surface area contributed by atoms with Gasteiger partial charge in [0.05, 0.1) is 18.5 Å². The normalized spacial score (nSPS) is 12.8. The molecule has 0 aliphatic carbocycles. The Kier molecular flexibility index (Phi) is 10.4. The molecule has 0 radical (unpaired) electrons. The predicted octanol–water partition coefficient (Wildman–Crippen LogP) is 2.28. The van der Waals surface area contributed by atoms with E-state index in [1.165, 1.54) is 12.1 Å². The van der Waals surface area contributed by atoms with Gasteiger partial charge in [0, 0.05) is 12.6 Å². The largest absolute Gasteiger partial charge is 0.489 e. The second-order valence-electron chi connectivity index (χ2n) is 6.21. The molecule has 0 saturated heterocycles. The number of guanidine groups is 1. The Bertz CT molecular complexity index is 582. The summed E-state index contributed by atoms with van der Waals surface area (Å²) in [5.74, 6) is 0.309. The van der Waals surface area contributed by atoms with Crippen LogP contribution in [0.1, 0.15) is 27.7 Å². The van der Waals surface area contributed by atoms with Gasteiger partial charge in [-0.2, -0.15) is 0 Å². The van der Waals surface area contributed by atoms with Gasteiger partial charge in [0.1, 0.15) is 17.7 Å². The predicted molar refractivity (Wildman–Crippen MR) is 109 cm³/mol. The van der Waals surface area contributed by atoms with E-state index in [1.807, 2.05) is 13.8 Å². The molecule has 0 saturated carbocycles. The molecule has 1 atom stereocenters. The first-order valence-corrected chi connectivity index (χ1v) is 7.99. The summed E-state index contributed by atoms with van der Waals surface area (Å²) >= 11 is 0. The van der Waals surface area contributed by atoms with Crippen LogP contribution >= 0.6 is 24.0 Å². The van der Waals surface area contributed by atoms with E-state index in [4.69, 9.17) is 10.5 Å². The lowest BCUT2D eigenvalue weighted by molar-refractivity contribution is -0.125. The van der Waals surface area contributed by atoms with Gasteiger partial charge in [0.25, 0.3) is 0 Å². The maximum Gasteiger partial charge on any atom is 0.224 e. The molecule has 0 heterocycles. The third-order valence-electron chi connectivity index (χ3n) is 3.33. The number of primary amides is 1. The summed E-state index contributed by atoms with van der Waals surface area (Å²) in [6, 6.07) is 6.01. The van der Waals surface area contributed by atoms with Crippen LogP contribution in [0.25, 0.3) is 0 Å². The fourth-order valence-electron chi connectivity index (χ4n) is 1.75. The number of nitrogens with zero attached hydrogens (tertiary/aromatic N) is 1. The van der Waals surface area contributed by atoms with Gasteiger partial charge >= 0.3 is 0 Å². The number of nitrogens with two attached hydrogens (primary N) is 1. The summed E-state index contributed by atoms with van der Waals surface area (Å²) in [6.07, 6.45) is -0.195. The fraction of sp³-hybridized carbons (Fsp3) is 0.529. The van der Waals surface area contributed by atoms with Crippen LogP contribution in [0.2, 0.25) is 0 Å². The van der Waals surface area contributed by atoms with Gasteiger partial charge in [-0.3, -0.25) is 9.79 Å². The SMILES string of the molecule is CCNC(=NCC(C)(C)C(N)=O)NCC(C)Oc1cccc(F)c1.I. The first-order chi connectivity index (χ1) is 11.2. The minimum Gasteiger partial charge on any atom is -0.489 e. The van der Waals surface area contributed by atoms with Crippen LogP contribution < -0.4 is 21.1 Å². The monoisotopic (exact) mass is 466 g/mol. The number of ether oxygens (including phenoxy) is 1. The van der Waals surface area contributed by atoms with Crippen LogP contribution in [0.4, 0.5) is 4.39 Å². The second kappa shape index (κ2) is 11.1. The topological polar surface area (TPSA) is 88.7 Å². The minimum atomic E-state index is -0.716. The molecule has 1 aromatic rings. The molecular weight excluding hydrogens is 438 g/mol. The van der Waals surface area contributed by atoms with Crippen LogP contribution in [0.15, 0.2) is 29.3 Å². The van der Waals surface area contributed by atoms with E-state index in [2.05, 4.69) is 15.6 Å². The van der Waals surface area contributed by atoms with E-state index in [0.29, 0.717) is 24.8 Å². The molecule has 6 nitrogen and oxygen atoms in total. The van der Waals surface area contributed by atoms with Crippen LogP contribution in [0.5, 0.6) is 5.75 Å². The standard InChI is InChI=1S/C17H27FN4O2.HI/c1-5-20-16(22-11-17(3,4)15(19)23)21-10-12(2)24-14-8-6-7-13(18)9-14;/h6-9,12H,5,10-11H2,1-4H3,(H2,19,23)(H2,20,21,22);1H. The summed E-state index contributed by atoms with van der Waals surface area (Å²) in [6.45, 7) is 8.74. The lowest BCUT2D eigenvalue weighted by Crippen LogP contribution is -2.43. The minimum absolute atomic E-state index is 0. The number of hydrogen-bond acceptors (Lipinski definition) is 3. The van der Waals surface area contributed by atoms with E-state index in [1.54, 1.807) is 26.0 Å². The number of aliphatic imine (C=N–C) groups is 1. The molecule has 0 aliphatic rings. The number of carbonyl (C=O) groups is 1.